The third kappa shape index (κ3) is 4.35. The van der Waals surface area contributed by atoms with Crippen LogP contribution in [0.25, 0.3) is 0 Å². The summed E-state index contributed by atoms with van der Waals surface area (Å²) in [6.07, 6.45) is 0.493. The van der Waals surface area contributed by atoms with Gasteiger partial charge in [-0.25, -0.2) is 9.89 Å². The number of H-pyrrole nitrogens is 2. The van der Waals surface area contributed by atoms with Crippen LogP contribution in [0.3, 0.4) is 0 Å². The van der Waals surface area contributed by atoms with Gasteiger partial charge in [0, 0.05) is 0 Å². The number of phenols is 1. The van der Waals surface area contributed by atoms with Gasteiger partial charge >= 0.3 is 5.69 Å². The zero-order valence-corrected chi connectivity index (χ0v) is 13.4. The van der Waals surface area contributed by atoms with E-state index in [9.17, 15) is 14.7 Å². The van der Waals surface area contributed by atoms with Crippen LogP contribution in [0, 0.1) is 0 Å². The minimum absolute atomic E-state index is 0.135. The fourth-order valence-electron chi connectivity index (χ4n) is 2.60. The molecule has 1 amide bonds. The molecule has 0 bridgehead atoms. The van der Waals surface area contributed by atoms with Crippen molar-refractivity contribution in [3.05, 3.63) is 82.0 Å². The summed E-state index contributed by atoms with van der Waals surface area (Å²) < 4.78 is 0. The van der Waals surface area contributed by atoms with Crippen molar-refractivity contribution >= 4 is 5.91 Å². The fraction of sp³-hybridized carbons (Fsp3) is 0.167. The third-order valence-corrected chi connectivity index (χ3v) is 3.87. The normalized spacial score (nSPS) is 11.8. The molecule has 1 atom stereocenters. The summed E-state index contributed by atoms with van der Waals surface area (Å²) in [5.41, 5.74) is 1.42. The Bertz CT molecular complexity index is 884. The summed E-state index contributed by atoms with van der Waals surface area (Å²) in [4.78, 5) is 26.3. The van der Waals surface area contributed by atoms with Crippen molar-refractivity contribution < 1.29 is 9.90 Å². The van der Waals surface area contributed by atoms with Crippen LogP contribution < -0.4 is 11.0 Å². The Hall–Kier alpha value is -3.35. The molecule has 1 unspecified atom stereocenters. The van der Waals surface area contributed by atoms with Gasteiger partial charge in [-0.3, -0.25) is 9.78 Å². The molecule has 0 aliphatic carbocycles. The number of phenolic OH excluding ortho intramolecular Hbond substituents is 1. The molecule has 0 radical (unpaired) electrons. The molecule has 25 heavy (non-hydrogen) atoms. The Morgan fingerprint density at radius 3 is 2.48 bits per heavy atom. The highest BCUT2D eigenvalue weighted by molar-refractivity contribution is 5.83. The van der Waals surface area contributed by atoms with E-state index < -0.39 is 11.6 Å². The Labute approximate surface area is 143 Å². The lowest BCUT2D eigenvalue weighted by Crippen LogP contribution is -2.30. The van der Waals surface area contributed by atoms with Gasteiger partial charge in [0.15, 0.2) is 0 Å². The summed E-state index contributed by atoms with van der Waals surface area (Å²) in [7, 11) is 0. The lowest BCUT2D eigenvalue weighted by atomic mass is 9.91. The number of amides is 1. The molecule has 3 aromatic rings. The number of aromatic amines is 2. The molecule has 3 rings (SSSR count). The van der Waals surface area contributed by atoms with Crippen LogP contribution >= 0.6 is 0 Å². The van der Waals surface area contributed by atoms with Crippen molar-refractivity contribution in [2.45, 2.75) is 18.9 Å². The molecule has 0 aliphatic rings. The summed E-state index contributed by atoms with van der Waals surface area (Å²) in [5, 5.41) is 18.3. The highest BCUT2D eigenvalue weighted by Gasteiger charge is 2.21. The monoisotopic (exact) mass is 338 g/mol. The fourth-order valence-corrected chi connectivity index (χ4v) is 2.60. The number of aromatic hydroxyl groups is 1. The van der Waals surface area contributed by atoms with Crippen molar-refractivity contribution in [2.24, 2.45) is 0 Å². The van der Waals surface area contributed by atoms with Gasteiger partial charge in [0.05, 0.1) is 12.5 Å². The molecule has 1 heterocycles. The zero-order valence-electron chi connectivity index (χ0n) is 13.4. The lowest BCUT2D eigenvalue weighted by molar-refractivity contribution is -0.122. The van der Waals surface area contributed by atoms with Crippen molar-refractivity contribution in [1.82, 2.24) is 20.5 Å². The second kappa shape index (κ2) is 7.48. The van der Waals surface area contributed by atoms with Gasteiger partial charge in [-0.2, -0.15) is 5.10 Å². The van der Waals surface area contributed by atoms with Crippen molar-refractivity contribution in [3.8, 4) is 5.75 Å². The van der Waals surface area contributed by atoms with Gasteiger partial charge in [0.25, 0.3) is 0 Å². The molecular weight excluding hydrogens is 320 g/mol. The number of carbonyl (C=O) groups excluding carboxylic acids is 1. The summed E-state index contributed by atoms with van der Waals surface area (Å²) >= 11 is 0. The number of carbonyl (C=O) groups is 1. The van der Waals surface area contributed by atoms with E-state index >= 15 is 0 Å². The number of benzene rings is 2. The van der Waals surface area contributed by atoms with E-state index in [1.54, 1.807) is 24.3 Å². The molecule has 4 N–H and O–H groups in total. The summed E-state index contributed by atoms with van der Waals surface area (Å²) in [6, 6.07) is 16.3. The maximum absolute atomic E-state index is 12.7. The van der Waals surface area contributed by atoms with Crippen molar-refractivity contribution in [2.75, 3.05) is 0 Å². The largest absolute Gasteiger partial charge is 0.508 e. The van der Waals surface area contributed by atoms with Crippen LogP contribution in [0.4, 0.5) is 0 Å². The zero-order chi connectivity index (χ0) is 17.6. The van der Waals surface area contributed by atoms with Crippen LogP contribution in [-0.2, 0) is 17.8 Å². The SMILES string of the molecule is O=C(NCc1n[nH]c(=O)[nH]1)C(Cc1ccc(O)cc1)c1ccccc1. The van der Waals surface area contributed by atoms with Crippen LogP contribution in [0.15, 0.2) is 59.4 Å². The van der Waals surface area contributed by atoms with Crippen LogP contribution in [0.2, 0.25) is 0 Å². The Balaban J connectivity index is 1.76. The van der Waals surface area contributed by atoms with E-state index in [-0.39, 0.29) is 18.2 Å². The average molecular weight is 338 g/mol. The summed E-state index contributed by atoms with van der Waals surface area (Å²) in [5.74, 6) is 0.00118. The maximum Gasteiger partial charge on any atom is 0.340 e. The van der Waals surface area contributed by atoms with Gasteiger partial charge in [-0.05, 0) is 29.7 Å². The third-order valence-electron chi connectivity index (χ3n) is 3.87. The molecule has 0 fully saturated rings. The molecule has 0 saturated heterocycles. The van der Waals surface area contributed by atoms with Gasteiger partial charge in [0.1, 0.15) is 11.6 Å². The first kappa shape index (κ1) is 16.5. The van der Waals surface area contributed by atoms with Crippen molar-refractivity contribution in [3.63, 3.8) is 0 Å². The first-order chi connectivity index (χ1) is 12.1. The van der Waals surface area contributed by atoms with E-state index in [2.05, 4.69) is 20.5 Å². The van der Waals surface area contributed by atoms with Gasteiger partial charge in [-0.15, -0.1) is 0 Å². The van der Waals surface area contributed by atoms with Gasteiger partial charge in [-0.1, -0.05) is 42.5 Å². The molecule has 7 heteroatoms. The highest BCUT2D eigenvalue weighted by Crippen LogP contribution is 2.22. The molecule has 0 saturated carbocycles. The van der Waals surface area contributed by atoms with Crippen LogP contribution in [-0.4, -0.2) is 26.2 Å². The Morgan fingerprint density at radius 1 is 1.12 bits per heavy atom. The topological polar surface area (TPSA) is 111 Å². The van der Waals surface area contributed by atoms with E-state index in [0.717, 1.165) is 11.1 Å². The Morgan fingerprint density at radius 2 is 1.84 bits per heavy atom. The van der Waals surface area contributed by atoms with Crippen LogP contribution in [0.1, 0.15) is 22.9 Å². The van der Waals surface area contributed by atoms with Gasteiger partial charge in [0.2, 0.25) is 5.91 Å². The molecule has 0 aliphatic heterocycles. The molecule has 2 aromatic carbocycles. The quantitative estimate of drug-likeness (QED) is 0.545. The standard InChI is InChI=1S/C18H18N4O3/c23-14-8-6-12(7-9-14)10-15(13-4-2-1-3-5-13)17(24)19-11-16-20-18(25)22-21-16/h1-9,15,23H,10-11H2,(H,19,24)(H2,20,21,22,25). The predicted molar refractivity (Wildman–Crippen MR) is 92.0 cm³/mol. The lowest BCUT2D eigenvalue weighted by Gasteiger charge is -2.17. The Kier molecular flexibility index (Phi) is 4.94. The molecule has 0 spiro atoms. The van der Waals surface area contributed by atoms with E-state index in [4.69, 9.17) is 0 Å². The molecule has 7 nitrogen and oxygen atoms in total. The number of nitrogens with zero attached hydrogens (tertiary/aromatic N) is 1. The van der Waals surface area contributed by atoms with E-state index in [0.29, 0.717) is 12.2 Å². The second-order valence-electron chi connectivity index (χ2n) is 5.68. The first-order valence-electron chi connectivity index (χ1n) is 7.86. The van der Waals surface area contributed by atoms with Crippen molar-refractivity contribution in [1.29, 1.82) is 0 Å². The first-order valence-corrected chi connectivity index (χ1v) is 7.86. The number of rotatable bonds is 6. The predicted octanol–water partition coefficient (Wildman–Crippen LogP) is 1.45. The van der Waals surface area contributed by atoms with E-state index in [1.807, 2.05) is 30.3 Å². The number of hydrogen-bond acceptors (Lipinski definition) is 4. The van der Waals surface area contributed by atoms with Gasteiger partial charge < -0.3 is 10.4 Å². The molecule has 128 valence electrons. The number of aromatic nitrogens is 3. The number of nitrogens with one attached hydrogen (secondary N) is 3. The second-order valence-corrected chi connectivity index (χ2v) is 5.68. The minimum Gasteiger partial charge on any atom is -0.508 e. The highest BCUT2D eigenvalue weighted by atomic mass is 16.3. The maximum atomic E-state index is 12.7. The van der Waals surface area contributed by atoms with Crippen LogP contribution in [0.5, 0.6) is 5.75 Å². The van der Waals surface area contributed by atoms with E-state index in [1.165, 1.54) is 0 Å². The minimum atomic E-state index is -0.409. The molecule has 1 aromatic heterocycles. The summed E-state index contributed by atoms with van der Waals surface area (Å²) in [6.45, 7) is 0.135. The molecular formula is C18H18N4O3. The smallest absolute Gasteiger partial charge is 0.340 e. The number of hydrogen-bond donors (Lipinski definition) is 4. The average Bonchev–Trinajstić information content (AvgIpc) is 3.05.